The molecule has 0 radical (unpaired) electrons. The number of nitrogens with one attached hydrogen (secondary N) is 1. The monoisotopic (exact) mass is 212 g/mol. The summed E-state index contributed by atoms with van der Waals surface area (Å²) in [6.45, 7) is 5.14. The number of carbonyl (C=O) groups excluding carboxylic acids is 1. The van der Waals surface area contributed by atoms with Gasteiger partial charge in [0.05, 0.1) is 0 Å². The molecule has 1 fully saturated rings. The predicted octanol–water partition coefficient (Wildman–Crippen LogP) is 1.81. The van der Waals surface area contributed by atoms with Gasteiger partial charge in [-0.3, -0.25) is 4.79 Å². The maximum absolute atomic E-state index is 11.5. The van der Waals surface area contributed by atoms with Gasteiger partial charge < -0.3 is 11.1 Å². The highest BCUT2D eigenvalue weighted by Gasteiger charge is 2.40. The second-order valence-corrected chi connectivity index (χ2v) is 4.88. The predicted molar refractivity (Wildman–Crippen MR) is 62.5 cm³/mol. The van der Waals surface area contributed by atoms with Gasteiger partial charge in [-0.15, -0.1) is 0 Å². The van der Waals surface area contributed by atoms with Crippen molar-refractivity contribution in [3.05, 3.63) is 0 Å². The Balaban J connectivity index is 2.13. The molecule has 0 aromatic rings. The van der Waals surface area contributed by atoms with E-state index < -0.39 is 0 Å². The molecule has 1 amide bonds. The summed E-state index contributed by atoms with van der Waals surface area (Å²) in [7, 11) is 0. The first-order chi connectivity index (χ1) is 7.12. The highest BCUT2D eigenvalue weighted by Crippen LogP contribution is 2.47. The first kappa shape index (κ1) is 12.5. The standard InChI is InChI=1S/C12H24N2O/c1-3-5-10(13)8-11(15)14-9-12(4-2)6-7-12/h10H,3-9,13H2,1-2H3,(H,14,15). The minimum Gasteiger partial charge on any atom is -0.355 e. The van der Waals surface area contributed by atoms with Crippen LogP contribution in [0.5, 0.6) is 0 Å². The van der Waals surface area contributed by atoms with Gasteiger partial charge in [-0.2, -0.15) is 0 Å². The highest BCUT2D eigenvalue weighted by atomic mass is 16.1. The molecule has 1 unspecified atom stereocenters. The molecule has 0 saturated heterocycles. The van der Waals surface area contributed by atoms with Crippen LogP contribution in [-0.4, -0.2) is 18.5 Å². The molecule has 3 heteroatoms. The third-order valence-corrected chi connectivity index (χ3v) is 3.47. The van der Waals surface area contributed by atoms with Crippen molar-refractivity contribution in [3.63, 3.8) is 0 Å². The molecule has 0 spiro atoms. The topological polar surface area (TPSA) is 55.1 Å². The van der Waals surface area contributed by atoms with E-state index in [4.69, 9.17) is 5.73 Å². The SMILES string of the molecule is CCCC(N)CC(=O)NCC1(CC)CC1. The lowest BCUT2D eigenvalue weighted by Gasteiger charge is -2.15. The van der Waals surface area contributed by atoms with Crippen LogP contribution in [0.25, 0.3) is 0 Å². The normalized spacial score (nSPS) is 19.7. The smallest absolute Gasteiger partial charge is 0.221 e. The zero-order chi connectivity index (χ0) is 11.3. The maximum Gasteiger partial charge on any atom is 0.221 e. The molecule has 0 bridgehead atoms. The van der Waals surface area contributed by atoms with Crippen LogP contribution in [0.3, 0.4) is 0 Å². The zero-order valence-corrected chi connectivity index (χ0v) is 10.0. The lowest BCUT2D eigenvalue weighted by molar-refractivity contribution is -0.121. The minimum absolute atomic E-state index is 0.0341. The van der Waals surface area contributed by atoms with Crippen molar-refractivity contribution < 1.29 is 4.79 Å². The van der Waals surface area contributed by atoms with E-state index in [0.29, 0.717) is 11.8 Å². The number of carbonyl (C=O) groups is 1. The molecule has 0 aromatic heterocycles. The van der Waals surface area contributed by atoms with E-state index in [0.717, 1.165) is 19.4 Å². The van der Waals surface area contributed by atoms with E-state index in [-0.39, 0.29) is 11.9 Å². The quantitative estimate of drug-likeness (QED) is 0.676. The Morgan fingerprint density at radius 2 is 2.13 bits per heavy atom. The Bertz CT molecular complexity index is 212. The molecule has 88 valence electrons. The third kappa shape index (κ3) is 4.20. The Kier molecular flexibility index (Phi) is 4.58. The van der Waals surface area contributed by atoms with Gasteiger partial charge in [0.1, 0.15) is 0 Å². The fourth-order valence-electron chi connectivity index (χ4n) is 1.90. The fourth-order valence-corrected chi connectivity index (χ4v) is 1.90. The average Bonchev–Trinajstić information content (AvgIpc) is 2.96. The van der Waals surface area contributed by atoms with Crippen LogP contribution >= 0.6 is 0 Å². The minimum atomic E-state index is 0.0341. The van der Waals surface area contributed by atoms with Gasteiger partial charge in [0.15, 0.2) is 0 Å². The van der Waals surface area contributed by atoms with Crippen molar-refractivity contribution in [1.82, 2.24) is 5.32 Å². The van der Waals surface area contributed by atoms with E-state index in [1.807, 2.05) is 0 Å². The summed E-state index contributed by atoms with van der Waals surface area (Å²) in [5.41, 5.74) is 6.25. The van der Waals surface area contributed by atoms with Crippen LogP contribution in [-0.2, 0) is 4.79 Å². The number of nitrogens with two attached hydrogens (primary N) is 1. The summed E-state index contributed by atoms with van der Waals surface area (Å²) in [6.07, 6.45) is 6.18. The molecular formula is C12H24N2O. The van der Waals surface area contributed by atoms with Crippen molar-refractivity contribution in [3.8, 4) is 0 Å². The van der Waals surface area contributed by atoms with E-state index in [1.54, 1.807) is 0 Å². The van der Waals surface area contributed by atoms with Crippen LogP contribution in [0.15, 0.2) is 0 Å². The molecule has 1 aliphatic carbocycles. The Morgan fingerprint density at radius 1 is 1.47 bits per heavy atom. The average molecular weight is 212 g/mol. The number of amides is 1. The van der Waals surface area contributed by atoms with Crippen molar-refractivity contribution in [2.75, 3.05) is 6.54 Å². The summed E-state index contributed by atoms with van der Waals surface area (Å²) >= 11 is 0. The molecule has 3 nitrogen and oxygen atoms in total. The van der Waals surface area contributed by atoms with Crippen molar-refractivity contribution in [1.29, 1.82) is 0 Å². The first-order valence-electron chi connectivity index (χ1n) is 6.14. The van der Waals surface area contributed by atoms with Gasteiger partial charge >= 0.3 is 0 Å². The summed E-state index contributed by atoms with van der Waals surface area (Å²) in [6, 6.07) is 0.0341. The van der Waals surface area contributed by atoms with Crippen molar-refractivity contribution >= 4 is 5.91 Å². The van der Waals surface area contributed by atoms with E-state index in [2.05, 4.69) is 19.2 Å². The number of rotatable bonds is 7. The van der Waals surface area contributed by atoms with E-state index in [1.165, 1.54) is 19.3 Å². The molecule has 15 heavy (non-hydrogen) atoms. The van der Waals surface area contributed by atoms with Gasteiger partial charge in [-0.1, -0.05) is 20.3 Å². The van der Waals surface area contributed by atoms with Crippen LogP contribution in [0, 0.1) is 5.41 Å². The molecule has 0 aromatic carbocycles. The van der Waals surface area contributed by atoms with E-state index >= 15 is 0 Å². The molecule has 1 atom stereocenters. The Labute approximate surface area is 92.8 Å². The Morgan fingerprint density at radius 3 is 2.60 bits per heavy atom. The van der Waals surface area contributed by atoms with Crippen LogP contribution in [0.1, 0.15) is 52.4 Å². The third-order valence-electron chi connectivity index (χ3n) is 3.47. The van der Waals surface area contributed by atoms with Gasteiger partial charge in [0.2, 0.25) is 5.91 Å². The summed E-state index contributed by atoms with van der Waals surface area (Å²) in [5, 5.41) is 3.01. The fraction of sp³-hybridized carbons (Fsp3) is 0.917. The molecule has 0 aliphatic heterocycles. The van der Waals surface area contributed by atoms with Gasteiger partial charge in [-0.25, -0.2) is 0 Å². The molecule has 1 saturated carbocycles. The largest absolute Gasteiger partial charge is 0.355 e. The van der Waals surface area contributed by atoms with Gasteiger partial charge in [0, 0.05) is 19.0 Å². The Hall–Kier alpha value is -0.570. The number of hydrogen-bond donors (Lipinski definition) is 2. The molecule has 1 rings (SSSR count). The molecule has 1 aliphatic rings. The second kappa shape index (κ2) is 5.50. The lowest BCUT2D eigenvalue weighted by Crippen LogP contribution is -2.34. The number of hydrogen-bond acceptors (Lipinski definition) is 2. The molecular weight excluding hydrogens is 188 g/mol. The molecule has 3 N–H and O–H groups in total. The zero-order valence-electron chi connectivity index (χ0n) is 10.0. The summed E-state index contributed by atoms with van der Waals surface area (Å²) < 4.78 is 0. The van der Waals surface area contributed by atoms with Gasteiger partial charge in [0.25, 0.3) is 0 Å². The summed E-state index contributed by atoms with van der Waals surface area (Å²) in [5.74, 6) is 0.121. The highest BCUT2D eigenvalue weighted by molar-refractivity contribution is 5.76. The van der Waals surface area contributed by atoms with Crippen molar-refractivity contribution in [2.45, 2.75) is 58.4 Å². The lowest BCUT2D eigenvalue weighted by atomic mass is 10.0. The summed E-state index contributed by atoms with van der Waals surface area (Å²) in [4.78, 5) is 11.5. The molecule has 0 heterocycles. The van der Waals surface area contributed by atoms with Gasteiger partial charge in [-0.05, 0) is 31.1 Å². The van der Waals surface area contributed by atoms with Crippen LogP contribution < -0.4 is 11.1 Å². The van der Waals surface area contributed by atoms with E-state index in [9.17, 15) is 4.79 Å². The van der Waals surface area contributed by atoms with Crippen LogP contribution in [0.4, 0.5) is 0 Å². The maximum atomic E-state index is 11.5. The second-order valence-electron chi connectivity index (χ2n) is 4.88. The first-order valence-corrected chi connectivity index (χ1v) is 6.14. The van der Waals surface area contributed by atoms with Crippen molar-refractivity contribution in [2.24, 2.45) is 11.1 Å². The van der Waals surface area contributed by atoms with Crippen LogP contribution in [0.2, 0.25) is 0 Å².